The van der Waals surface area contributed by atoms with Crippen molar-refractivity contribution in [3.63, 3.8) is 0 Å². The van der Waals surface area contributed by atoms with E-state index in [0.29, 0.717) is 16.9 Å². The van der Waals surface area contributed by atoms with E-state index in [-0.39, 0.29) is 11.7 Å². The first-order valence-corrected chi connectivity index (χ1v) is 8.72. The third kappa shape index (κ3) is 3.13. The molecule has 0 fully saturated rings. The van der Waals surface area contributed by atoms with Gasteiger partial charge in [-0.05, 0) is 30.7 Å². The number of amides is 1. The first-order valence-electron chi connectivity index (χ1n) is 8.72. The summed E-state index contributed by atoms with van der Waals surface area (Å²) in [4.78, 5) is 28.2. The minimum atomic E-state index is -0.279. The molecule has 1 aromatic heterocycles. The molecular formula is C23H18N2O2. The van der Waals surface area contributed by atoms with Crippen molar-refractivity contribution < 1.29 is 9.59 Å². The van der Waals surface area contributed by atoms with Gasteiger partial charge in [0.05, 0.1) is 5.69 Å². The highest BCUT2D eigenvalue weighted by atomic mass is 16.2. The topological polar surface area (TPSA) is 62.0 Å². The SMILES string of the molecule is CC(=O)c1ccccc1NC(=O)c1[nH]c2ccccc2c1-c1ccccc1. The zero-order chi connectivity index (χ0) is 18.8. The smallest absolute Gasteiger partial charge is 0.272 e. The van der Waals surface area contributed by atoms with Crippen LogP contribution in [-0.4, -0.2) is 16.7 Å². The van der Waals surface area contributed by atoms with Crippen molar-refractivity contribution in [3.8, 4) is 11.1 Å². The fourth-order valence-corrected chi connectivity index (χ4v) is 3.30. The summed E-state index contributed by atoms with van der Waals surface area (Å²) in [6.07, 6.45) is 0. The molecule has 1 amide bonds. The number of aromatic nitrogens is 1. The predicted octanol–water partition coefficient (Wildman–Crippen LogP) is 5.29. The van der Waals surface area contributed by atoms with Crippen LogP contribution >= 0.6 is 0 Å². The van der Waals surface area contributed by atoms with E-state index < -0.39 is 0 Å². The number of rotatable bonds is 4. The summed E-state index contributed by atoms with van der Waals surface area (Å²) in [6, 6.07) is 24.7. The van der Waals surface area contributed by atoms with Crippen LogP contribution in [0, 0.1) is 0 Å². The van der Waals surface area contributed by atoms with Gasteiger partial charge in [0.15, 0.2) is 5.78 Å². The average molecular weight is 354 g/mol. The Morgan fingerprint density at radius 2 is 1.48 bits per heavy atom. The Balaban J connectivity index is 1.83. The normalized spacial score (nSPS) is 10.7. The summed E-state index contributed by atoms with van der Waals surface area (Å²) in [7, 11) is 0. The molecule has 4 aromatic rings. The zero-order valence-corrected chi connectivity index (χ0v) is 14.8. The first-order chi connectivity index (χ1) is 13.1. The Morgan fingerprint density at radius 3 is 2.26 bits per heavy atom. The monoisotopic (exact) mass is 354 g/mol. The van der Waals surface area contributed by atoms with E-state index in [2.05, 4.69) is 10.3 Å². The number of benzene rings is 3. The van der Waals surface area contributed by atoms with Crippen molar-refractivity contribution >= 4 is 28.3 Å². The van der Waals surface area contributed by atoms with Crippen LogP contribution in [0.15, 0.2) is 78.9 Å². The Kier molecular flexibility index (Phi) is 4.30. The molecule has 0 spiro atoms. The number of hydrogen-bond acceptors (Lipinski definition) is 2. The Bertz CT molecular complexity index is 1140. The number of hydrogen-bond donors (Lipinski definition) is 2. The molecule has 0 atom stereocenters. The standard InChI is InChI=1S/C23H18N2O2/c1-15(26)17-11-5-7-13-19(17)25-23(27)22-21(16-9-3-2-4-10-16)18-12-6-8-14-20(18)24-22/h2-14,24H,1H3,(H,25,27). The molecule has 27 heavy (non-hydrogen) atoms. The highest BCUT2D eigenvalue weighted by Gasteiger charge is 2.20. The van der Waals surface area contributed by atoms with E-state index >= 15 is 0 Å². The molecule has 0 saturated heterocycles. The van der Waals surface area contributed by atoms with Crippen LogP contribution in [0.5, 0.6) is 0 Å². The fraction of sp³-hybridized carbons (Fsp3) is 0.0435. The maximum Gasteiger partial charge on any atom is 0.272 e. The largest absolute Gasteiger partial charge is 0.350 e. The Hall–Kier alpha value is -3.66. The van der Waals surface area contributed by atoms with E-state index in [1.165, 1.54) is 6.92 Å². The number of Topliss-reactive ketones (excluding diaryl/α,β-unsaturated/α-hetero) is 1. The van der Waals surface area contributed by atoms with Crippen LogP contribution in [0.25, 0.3) is 22.0 Å². The lowest BCUT2D eigenvalue weighted by molar-refractivity contribution is 0.101. The number of nitrogens with one attached hydrogen (secondary N) is 2. The predicted molar refractivity (Wildman–Crippen MR) is 108 cm³/mol. The lowest BCUT2D eigenvalue weighted by Crippen LogP contribution is -2.15. The third-order valence-corrected chi connectivity index (χ3v) is 4.55. The molecule has 0 radical (unpaired) electrons. The summed E-state index contributed by atoms with van der Waals surface area (Å²) >= 11 is 0. The van der Waals surface area contributed by atoms with E-state index in [0.717, 1.165) is 22.0 Å². The maximum atomic E-state index is 13.1. The quantitative estimate of drug-likeness (QED) is 0.489. The van der Waals surface area contributed by atoms with Gasteiger partial charge in [-0.15, -0.1) is 0 Å². The molecule has 4 rings (SSSR count). The summed E-state index contributed by atoms with van der Waals surface area (Å²) in [6.45, 7) is 1.49. The molecule has 1 heterocycles. The van der Waals surface area contributed by atoms with Gasteiger partial charge in [0.25, 0.3) is 5.91 Å². The average Bonchev–Trinajstić information content (AvgIpc) is 3.08. The summed E-state index contributed by atoms with van der Waals surface area (Å²) < 4.78 is 0. The molecular weight excluding hydrogens is 336 g/mol. The molecule has 0 aliphatic carbocycles. The minimum Gasteiger partial charge on any atom is -0.350 e. The minimum absolute atomic E-state index is 0.0918. The van der Waals surface area contributed by atoms with Crippen LogP contribution in [0.3, 0.4) is 0 Å². The van der Waals surface area contributed by atoms with Gasteiger partial charge in [-0.3, -0.25) is 9.59 Å². The molecule has 4 nitrogen and oxygen atoms in total. The van der Waals surface area contributed by atoms with Crippen LogP contribution in [0.2, 0.25) is 0 Å². The van der Waals surface area contributed by atoms with Crippen molar-refractivity contribution in [3.05, 3.63) is 90.1 Å². The van der Waals surface area contributed by atoms with Crippen molar-refractivity contribution in [1.82, 2.24) is 4.98 Å². The van der Waals surface area contributed by atoms with Crippen LogP contribution in [-0.2, 0) is 0 Å². The van der Waals surface area contributed by atoms with E-state index in [1.807, 2.05) is 54.6 Å². The lowest BCUT2D eigenvalue weighted by Gasteiger charge is -2.10. The number of fused-ring (bicyclic) bond motifs is 1. The number of anilines is 1. The number of ketones is 1. The highest BCUT2D eigenvalue weighted by Crippen LogP contribution is 2.33. The summed E-state index contributed by atoms with van der Waals surface area (Å²) in [5.74, 6) is -0.371. The van der Waals surface area contributed by atoms with Gasteiger partial charge in [0.1, 0.15) is 5.69 Å². The van der Waals surface area contributed by atoms with Gasteiger partial charge in [0, 0.05) is 22.0 Å². The van der Waals surface area contributed by atoms with Crippen molar-refractivity contribution in [2.24, 2.45) is 0 Å². The van der Waals surface area contributed by atoms with Gasteiger partial charge >= 0.3 is 0 Å². The van der Waals surface area contributed by atoms with Crippen molar-refractivity contribution in [2.45, 2.75) is 6.92 Å². The summed E-state index contributed by atoms with van der Waals surface area (Å²) in [5, 5.41) is 3.87. The zero-order valence-electron chi connectivity index (χ0n) is 14.8. The van der Waals surface area contributed by atoms with Crippen LogP contribution in [0.4, 0.5) is 5.69 Å². The fourth-order valence-electron chi connectivity index (χ4n) is 3.30. The molecule has 0 aliphatic rings. The lowest BCUT2D eigenvalue weighted by atomic mass is 10.0. The van der Waals surface area contributed by atoms with E-state index in [9.17, 15) is 9.59 Å². The number of H-pyrrole nitrogens is 1. The van der Waals surface area contributed by atoms with Gasteiger partial charge in [-0.2, -0.15) is 0 Å². The van der Waals surface area contributed by atoms with E-state index in [4.69, 9.17) is 0 Å². The molecule has 0 saturated carbocycles. The first kappa shape index (κ1) is 16.8. The highest BCUT2D eigenvalue weighted by molar-refractivity contribution is 6.15. The Morgan fingerprint density at radius 1 is 0.815 bits per heavy atom. The third-order valence-electron chi connectivity index (χ3n) is 4.55. The molecule has 3 aromatic carbocycles. The van der Waals surface area contributed by atoms with Crippen molar-refractivity contribution in [2.75, 3.05) is 5.32 Å². The van der Waals surface area contributed by atoms with Crippen LogP contribution in [0.1, 0.15) is 27.8 Å². The second-order valence-electron chi connectivity index (χ2n) is 6.34. The van der Waals surface area contributed by atoms with Gasteiger partial charge in [0.2, 0.25) is 0 Å². The van der Waals surface area contributed by atoms with E-state index in [1.54, 1.807) is 24.3 Å². The molecule has 0 bridgehead atoms. The number of carbonyl (C=O) groups excluding carboxylic acids is 2. The number of aromatic amines is 1. The second-order valence-corrected chi connectivity index (χ2v) is 6.34. The molecule has 4 heteroatoms. The molecule has 0 unspecified atom stereocenters. The number of para-hydroxylation sites is 2. The van der Waals surface area contributed by atoms with Gasteiger partial charge in [-0.25, -0.2) is 0 Å². The summed E-state index contributed by atoms with van der Waals surface area (Å²) in [5.41, 5.74) is 4.17. The Labute approximate surface area is 156 Å². The molecule has 2 N–H and O–H groups in total. The maximum absolute atomic E-state index is 13.1. The number of carbonyl (C=O) groups is 2. The van der Waals surface area contributed by atoms with Crippen molar-refractivity contribution in [1.29, 1.82) is 0 Å². The molecule has 0 aliphatic heterocycles. The van der Waals surface area contributed by atoms with Gasteiger partial charge in [-0.1, -0.05) is 60.7 Å². The van der Waals surface area contributed by atoms with Crippen LogP contribution < -0.4 is 5.32 Å². The second kappa shape index (κ2) is 6.92. The molecule has 132 valence electrons. The van der Waals surface area contributed by atoms with Gasteiger partial charge < -0.3 is 10.3 Å².